The number of rotatable bonds is 2. The predicted molar refractivity (Wildman–Crippen MR) is 87.8 cm³/mol. The van der Waals surface area contributed by atoms with E-state index in [1.807, 2.05) is 24.3 Å². The zero-order chi connectivity index (χ0) is 15.1. The lowest BCUT2D eigenvalue weighted by Gasteiger charge is -2.26. The fourth-order valence-corrected chi connectivity index (χ4v) is 4.56. The number of hydrogen-bond acceptors (Lipinski definition) is 4. The van der Waals surface area contributed by atoms with Crippen LogP contribution in [0, 0.1) is 0 Å². The summed E-state index contributed by atoms with van der Waals surface area (Å²) < 4.78 is 5.18. The second kappa shape index (κ2) is 5.32. The van der Waals surface area contributed by atoms with Gasteiger partial charge in [-0.2, -0.15) is 0 Å². The molecule has 2 aromatic rings. The number of thiophene rings is 1. The number of carbonyl (C=O) groups is 1. The first kappa shape index (κ1) is 13.6. The third-order valence-electron chi connectivity index (χ3n) is 4.40. The van der Waals surface area contributed by atoms with Crippen LogP contribution in [0.1, 0.15) is 45.4 Å². The van der Waals surface area contributed by atoms with Crippen LogP contribution in [0.15, 0.2) is 24.3 Å². The van der Waals surface area contributed by atoms with Crippen molar-refractivity contribution in [3.8, 4) is 5.75 Å². The Bertz CT molecular complexity index is 721. The van der Waals surface area contributed by atoms with E-state index in [9.17, 15) is 4.79 Å². The average molecular weight is 314 g/mol. The van der Waals surface area contributed by atoms with Gasteiger partial charge in [0.1, 0.15) is 16.9 Å². The molecule has 114 valence electrons. The zero-order valence-corrected chi connectivity index (χ0v) is 13.3. The highest BCUT2D eigenvalue weighted by molar-refractivity contribution is 7.16. The van der Waals surface area contributed by atoms with Gasteiger partial charge in [0, 0.05) is 4.88 Å². The van der Waals surface area contributed by atoms with Gasteiger partial charge in [0.05, 0.1) is 12.7 Å². The van der Waals surface area contributed by atoms with Crippen LogP contribution in [0.4, 0.5) is 5.00 Å². The lowest BCUT2D eigenvalue weighted by molar-refractivity contribution is 0.0935. The molecule has 4 rings (SSSR count). The molecule has 2 N–H and O–H groups in total. The summed E-state index contributed by atoms with van der Waals surface area (Å²) in [5.74, 6) is 0.868. The summed E-state index contributed by atoms with van der Waals surface area (Å²) in [6.45, 7) is 0. The van der Waals surface area contributed by atoms with E-state index in [0.717, 1.165) is 34.7 Å². The molecular formula is C17H18N2O2S. The maximum Gasteiger partial charge on any atom is 0.256 e. The molecular weight excluding hydrogens is 296 g/mol. The molecule has 0 bridgehead atoms. The summed E-state index contributed by atoms with van der Waals surface area (Å²) >= 11 is 1.75. The molecule has 2 aliphatic rings. The van der Waals surface area contributed by atoms with Gasteiger partial charge in [0.25, 0.3) is 5.91 Å². The lowest BCUT2D eigenvalue weighted by atomic mass is 9.94. The molecule has 0 unspecified atom stereocenters. The van der Waals surface area contributed by atoms with Gasteiger partial charge < -0.3 is 15.4 Å². The number of benzene rings is 1. The Kier molecular flexibility index (Phi) is 3.30. The predicted octanol–water partition coefficient (Wildman–Crippen LogP) is 3.49. The van der Waals surface area contributed by atoms with Crippen LogP contribution in [0.25, 0.3) is 0 Å². The molecule has 2 heterocycles. The molecule has 0 radical (unpaired) electrons. The van der Waals surface area contributed by atoms with E-state index in [2.05, 4.69) is 10.6 Å². The maximum absolute atomic E-state index is 12.6. The van der Waals surface area contributed by atoms with Crippen LogP contribution in [0.2, 0.25) is 0 Å². The molecule has 0 saturated heterocycles. The largest absolute Gasteiger partial charge is 0.497 e. The molecule has 1 aromatic carbocycles. The van der Waals surface area contributed by atoms with Crippen molar-refractivity contribution in [2.45, 2.75) is 31.8 Å². The summed E-state index contributed by atoms with van der Waals surface area (Å²) in [7, 11) is 1.65. The molecule has 1 amide bonds. The highest BCUT2D eigenvalue weighted by Gasteiger charge is 2.31. The minimum absolute atomic E-state index is 0.0500. The number of fused-ring (bicyclic) bond motifs is 3. The molecule has 0 fully saturated rings. The van der Waals surface area contributed by atoms with Crippen LogP contribution in [0.5, 0.6) is 5.75 Å². The Morgan fingerprint density at radius 2 is 1.91 bits per heavy atom. The SMILES string of the molecule is COc1ccc([C@@H]2NC(=O)c3c(sc4c3CCCC4)N2)cc1. The van der Waals surface area contributed by atoms with Gasteiger partial charge in [-0.15, -0.1) is 11.3 Å². The average Bonchev–Trinajstić information content (AvgIpc) is 2.93. The second-order valence-electron chi connectivity index (χ2n) is 5.74. The number of carbonyl (C=O) groups excluding carboxylic acids is 1. The molecule has 0 saturated carbocycles. The fraction of sp³-hybridized carbons (Fsp3) is 0.353. The quantitative estimate of drug-likeness (QED) is 0.892. The molecule has 4 nitrogen and oxygen atoms in total. The first-order chi connectivity index (χ1) is 10.8. The van der Waals surface area contributed by atoms with Crippen molar-refractivity contribution in [1.82, 2.24) is 5.32 Å². The molecule has 1 aromatic heterocycles. The van der Waals surface area contributed by atoms with Crippen molar-refractivity contribution in [2.24, 2.45) is 0 Å². The number of aryl methyl sites for hydroxylation is 1. The van der Waals surface area contributed by atoms with E-state index >= 15 is 0 Å². The normalized spacial score (nSPS) is 19.7. The highest BCUT2D eigenvalue weighted by atomic mass is 32.1. The Hall–Kier alpha value is -2.01. The highest BCUT2D eigenvalue weighted by Crippen LogP contribution is 2.41. The molecule has 5 heteroatoms. The van der Waals surface area contributed by atoms with E-state index in [1.54, 1.807) is 18.4 Å². The third-order valence-corrected chi connectivity index (χ3v) is 5.62. The molecule has 1 aliphatic heterocycles. The van der Waals surface area contributed by atoms with Crippen molar-refractivity contribution < 1.29 is 9.53 Å². The van der Waals surface area contributed by atoms with Gasteiger partial charge in [-0.3, -0.25) is 4.79 Å². The summed E-state index contributed by atoms with van der Waals surface area (Å²) in [6.07, 6.45) is 4.38. The molecule has 0 spiro atoms. The van der Waals surface area contributed by atoms with Gasteiger partial charge in [-0.05, 0) is 48.9 Å². The van der Waals surface area contributed by atoms with Gasteiger partial charge in [-0.1, -0.05) is 12.1 Å². The fourth-order valence-electron chi connectivity index (χ4n) is 3.24. The van der Waals surface area contributed by atoms with E-state index in [4.69, 9.17) is 4.74 Å². The minimum Gasteiger partial charge on any atom is -0.497 e. The van der Waals surface area contributed by atoms with Crippen LogP contribution < -0.4 is 15.4 Å². The Labute approximate surface area is 133 Å². The standard InChI is InChI=1S/C17H18N2O2S/c1-21-11-8-6-10(7-9-11)15-18-16(20)14-12-4-2-3-5-13(12)22-17(14)19-15/h6-9,15,19H,2-5H2,1H3,(H,18,20)/t15-/m1/s1. The van der Waals surface area contributed by atoms with Gasteiger partial charge in [0.2, 0.25) is 0 Å². The van der Waals surface area contributed by atoms with Crippen molar-refractivity contribution in [3.05, 3.63) is 45.8 Å². The van der Waals surface area contributed by atoms with Crippen molar-refractivity contribution in [1.29, 1.82) is 0 Å². The van der Waals surface area contributed by atoms with E-state index in [-0.39, 0.29) is 12.1 Å². The number of nitrogens with one attached hydrogen (secondary N) is 2. The van der Waals surface area contributed by atoms with Crippen LogP contribution in [-0.4, -0.2) is 13.0 Å². The Balaban J connectivity index is 1.66. The third kappa shape index (κ3) is 2.16. The van der Waals surface area contributed by atoms with Crippen molar-refractivity contribution in [3.63, 3.8) is 0 Å². The number of ether oxygens (including phenoxy) is 1. The van der Waals surface area contributed by atoms with Gasteiger partial charge in [0.15, 0.2) is 0 Å². The number of anilines is 1. The molecule has 1 atom stereocenters. The lowest BCUT2D eigenvalue weighted by Crippen LogP contribution is -2.38. The number of amides is 1. The first-order valence-electron chi connectivity index (χ1n) is 7.62. The summed E-state index contributed by atoms with van der Waals surface area (Å²) in [6, 6.07) is 7.79. The van der Waals surface area contributed by atoms with Crippen LogP contribution in [0.3, 0.4) is 0 Å². The van der Waals surface area contributed by atoms with Crippen LogP contribution >= 0.6 is 11.3 Å². The van der Waals surface area contributed by atoms with Gasteiger partial charge in [-0.25, -0.2) is 0 Å². The van der Waals surface area contributed by atoms with Gasteiger partial charge >= 0.3 is 0 Å². The molecule has 22 heavy (non-hydrogen) atoms. The minimum atomic E-state index is -0.175. The first-order valence-corrected chi connectivity index (χ1v) is 8.44. The smallest absolute Gasteiger partial charge is 0.256 e. The second-order valence-corrected chi connectivity index (χ2v) is 6.84. The summed E-state index contributed by atoms with van der Waals surface area (Å²) in [4.78, 5) is 13.9. The topological polar surface area (TPSA) is 50.4 Å². The maximum atomic E-state index is 12.6. The van der Waals surface area contributed by atoms with Crippen molar-refractivity contribution >= 4 is 22.2 Å². The number of hydrogen-bond donors (Lipinski definition) is 2. The van der Waals surface area contributed by atoms with E-state index in [1.165, 1.54) is 23.3 Å². The number of methoxy groups -OCH3 is 1. The summed E-state index contributed by atoms with van der Waals surface area (Å²) in [5.41, 5.74) is 3.18. The zero-order valence-electron chi connectivity index (χ0n) is 12.4. The Morgan fingerprint density at radius 1 is 1.14 bits per heavy atom. The van der Waals surface area contributed by atoms with E-state index in [0.29, 0.717) is 0 Å². The van der Waals surface area contributed by atoms with E-state index < -0.39 is 0 Å². The van der Waals surface area contributed by atoms with Crippen molar-refractivity contribution in [2.75, 3.05) is 12.4 Å². The monoisotopic (exact) mass is 314 g/mol. The molecule has 1 aliphatic carbocycles. The Morgan fingerprint density at radius 3 is 2.68 bits per heavy atom. The summed E-state index contributed by atoms with van der Waals surface area (Å²) in [5, 5.41) is 7.59. The van der Waals surface area contributed by atoms with Crippen LogP contribution in [-0.2, 0) is 12.8 Å².